The molecule has 2 rings (SSSR count). The lowest BCUT2D eigenvalue weighted by Gasteiger charge is -2.15. The lowest BCUT2D eigenvalue weighted by Crippen LogP contribution is -2.10. The van der Waals surface area contributed by atoms with Crippen LogP contribution >= 0.6 is 15.9 Å². The zero-order valence-electron chi connectivity index (χ0n) is 12.7. The van der Waals surface area contributed by atoms with Gasteiger partial charge in [0.05, 0.1) is 0 Å². The number of rotatable bonds is 6. The van der Waals surface area contributed by atoms with Gasteiger partial charge in [-0.2, -0.15) is 0 Å². The summed E-state index contributed by atoms with van der Waals surface area (Å²) in [5.41, 5.74) is 3.79. The highest BCUT2D eigenvalue weighted by molar-refractivity contribution is 9.09. The predicted molar refractivity (Wildman–Crippen MR) is 91.6 cm³/mol. The van der Waals surface area contributed by atoms with Crippen molar-refractivity contribution in [2.75, 3.05) is 5.33 Å². The van der Waals surface area contributed by atoms with Crippen LogP contribution in [0.5, 0.6) is 0 Å². The number of hydrogen-bond donors (Lipinski definition) is 0. The van der Waals surface area contributed by atoms with Gasteiger partial charge in [0.15, 0.2) is 0 Å². The molecule has 0 nitrogen and oxygen atoms in total. The zero-order chi connectivity index (χ0) is 15.2. The fourth-order valence-electron chi connectivity index (χ4n) is 2.55. The third-order valence-electron chi connectivity index (χ3n) is 3.80. The van der Waals surface area contributed by atoms with E-state index in [-0.39, 0.29) is 5.82 Å². The van der Waals surface area contributed by atoms with Gasteiger partial charge in [-0.25, -0.2) is 4.39 Å². The van der Waals surface area contributed by atoms with E-state index in [2.05, 4.69) is 54.0 Å². The SMILES string of the molecule is CC(C)c1ccc(CC(CBr)Cc2cccc(F)c2)cc1. The largest absolute Gasteiger partial charge is 0.207 e. The number of benzene rings is 2. The van der Waals surface area contributed by atoms with Crippen LogP contribution in [-0.4, -0.2) is 5.33 Å². The highest BCUT2D eigenvalue weighted by Crippen LogP contribution is 2.20. The third kappa shape index (κ3) is 4.96. The zero-order valence-corrected chi connectivity index (χ0v) is 14.2. The van der Waals surface area contributed by atoms with Gasteiger partial charge in [0.1, 0.15) is 5.82 Å². The van der Waals surface area contributed by atoms with E-state index >= 15 is 0 Å². The van der Waals surface area contributed by atoms with E-state index in [4.69, 9.17) is 0 Å². The lowest BCUT2D eigenvalue weighted by atomic mass is 9.93. The molecule has 21 heavy (non-hydrogen) atoms. The summed E-state index contributed by atoms with van der Waals surface area (Å²) in [6, 6.07) is 15.8. The Labute approximate surface area is 135 Å². The molecule has 0 aliphatic carbocycles. The standard InChI is InChI=1S/C19H22BrF/c1-14(2)18-8-6-15(7-9-18)10-17(13-20)11-16-4-3-5-19(21)12-16/h3-9,12,14,17H,10-11,13H2,1-2H3. The fraction of sp³-hybridized carbons (Fsp3) is 0.368. The normalized spacial score (nSPS) is 12.6. The first-order chi connectivity index (χ1) is 10.1. The topological polar surface area (TPSA) is 0 Å². The summed E-state index contributed by atoms with van der Waals surface area (Å²) in [7, 11) is 0. The molecule has 2 aromatic carbocycles. The maximum absolute atomic E-state index is 13.3. The van der Waals surface area contributed by atoms with E-state index in [9.17, 15) is 4.39 Å². The summed E-state index contributed by atoms with van der Waals surface area (Å²) >= 11 is 3.59. The smallest absolute Gasteiger partial charge is 0.123 e. The molecular formula is C19H22BrF. The van der Waals surface area contributed by atoms with E-state index in [1.165, 1.54) is 17.2 Å². The van der Waals surface area contributed by atoms with Gasteiger partial charge in [0.2, 0.25) is 0 Å². The second kappa shape index (κ2) is 7.74. The van der Waals surface area contributed by atoms with Gasteiger partial charge in [0.25, 0.3) is 0 Å². The molecule has 0 spiro atoms. The molecule has 1 atom stereocenters. The van der Waals surface area contributed by atoms with E-state index in [1.54, 1.807) is 12.1 Å². The molecule has 0 bridgehead atoms. The number of hydrogen-bond acceptors (Lipinski definition) is 0. The predicted octanol–water partition coefficient (Wildman–Crippen LogP) is 5.75. The number of halogens is 2. The Bertz CT molecular complexity index is 560. The summed E-state index contributed by atoms with van der Waals surface area (Å²) < 4.78 is 13.3. The second-order valence-corrected chi connectivity index (χ2v) is 6.60. The number of alkyl halides is 1. The van der Waals surface area contributed by atoms with Crippen LogP contribution in [0.3, 0.4) is 0 Å². The van der Waals surface area contributed by atoms with Gasteiger partial charge in [0, 0.05) is 5.33 Å². The molecule has 0 saturated heterocycles. The Kier molecular flexibility index (Phi) is 5.98. The van der Waals surface area contributed by atoms with Crippen molar-refractivity contribution in [3.8, 4) is 0 Å². The molecule has 0 aliphatic heterocycles. The maximum Gasteiger partial charge on any atom is 0.123 e. The van der Waals surface area contributed by atoms with Gasteiger partial charge in [-0.15, -0.1) is 0 Å². The molecule has 0 radical (unpaired) electrons. The second-order valence-electron chi connectivity index (χ2n) is 5.95. The van der Waals surface area contributed by atoms with Crippen molar-refractivity contribution in [1.82, 2.24) is 0 Å². The summed E-state index contributed by atoms with van der Waals surface area (Å²) in [5.74, 6) is 0.900. The lowest BCUT2D eigenvalue weighted by molar-refractivity contribution is 0.582. The monoisotopic (exact) mass is 348 g/mol. The summed E-state index contributed by atoms with van der Waals surface area (Å²) in [5, 5.41) is 0.926. The Morgan fingerprint density at radius 3 is 2.19 bits per heavy atom. The first-order valence-electron chi connectivity index (χ1n) is 7.47. The van der Waals surface area contributed by atoms with Gasteiger partial charge in [-0.05, 0) is 53.5 Å². The molecule has 112 valence electrons. The van der Waals surface area contributed by atoms with Crippen LogP contribution in [0.4, 0.5) is 4.39 Å². The first kappa shape index (κ1) is 16.2. The van der Waals surface area contributed by atoms with Crippen molar-refractivity contribution in [2.24, 2.45) is 5.92 Å². The van der Waals surface area contributed by atoms with Crippen molar-refractivity contribution in [3.05, 3.63) is 71.0 Å². The van der Waals surface area contributed by atoms with Crippen LogP contribution in [0, 0.1) is 11.7 Å². The minimum Gasteiger partial charge on any atom is -0.207 e. The fourth-order valence-corrected chi connectivity index (χ4v) is 3.01. The Hall–Kier alpha value is -1.15. The van der Waals surface area contributed by atoms with Crippen LogP contribution in [0.2, 0.25) is 0 Å². The van der Waals surface area contributed by atoms with Crippen LogP contribution < -0.4 is 0 Å². The molecule has 2 heteroatoms. The summed E-state index contributed by atoms with van der Waals surface area (Å²) in [6.45, 7) is 4.42. The molecule has 0 aromatic heterocycles. The molecule has 2 aromatic rings. The van der Waals surface area contributed by atoms with Crippen molar-refractivity contribution in [3.63, 3.8) is 0 Å². The molecule has 0 heterocycles. The van der Waals surface area contributed by atoms with Crippen LogP contribution in [0.25, 0.3) is 0 Å². The molecular weight excluding hydrogens is 327 g/mol. The van der Waals surface area contributed by atoms with Gasteiger partial charge >= 0.3 is 0 Å². The van der Waals surface area contributed by atoms with Crippen molar-refractivity contribution >= 4 is 15.9 Å². The van der Waals surface area contributed by atoms with Gasteiger partial charge in [-0.3, -0.25) is 0 Å². The van der Waals surface area contributed by atoms with Crippen molar-refractivity contribution in [1.29, 1.82) is 0 Å². The average Bonchev–Trinajstić information content (AvgIpc) is 2.47. The summed E-state index contributed by atoms with van der Waals surface area (Å²) in [6.07, 6.45) is 1.91. The Morgan fingerprint density at radius 2 is 1.62 bits per heavy atom. The minimum atomic E-state index is -0.151. The minimum absolute atomic E-state index is 0.151. The van der Waals surface area contributed by atoms with Crippen LogP contribution in [0.15, 0.2) is 48.5 Å². The van der Waals surface area contributed by atoms with E-state index < -0.39 is 0 Å². The van der Waals surface area contributed by atoms with Gasteiger partial charge in [-0.1, -0.05) is 66.2 Å². The quantitative estimate of drug-likeness (QED) is 0.583. The highest BCUT2D eigenvalue weighted by Gasteiger charge is 2.10. The van der Waals surface area contributed by atoms with Gasteiger partial charge < -0.3 is 0 Å². The molecule has 1 unspecified atom stereocenters. The molecule has 0 aliphatic rings. The Morgan fingerprint density at radius 1 is 0.952 bits per heavy atom. The Balaban J connectivity index is 2.01. The molecule has 0 saturated carbocycles. The molecule has 0 N–H and O–H groups in total. The van der Waals surface area contributed by atoms with E-state index in [0.717, 1.165) is 23.7 Å². The van der Waals surface area contributed by atoms with E-state index in [0.29, 0.717) is 11.8 Å². The van der Waals surface area contributed by atoms with Crippen LogP contribution in [0.1, 0.15) is 36.5 Å². The maximum atomic E-state index is 13.3. The first-order valence-corrected chi connectivity index (χ1v) is 8.60. The average molecular weight is 349 g/mol. The van der Waals surface area contributed by atoms with E-state index in [1.807, 2.05) is 6.07 Å². The highest BCUT2D eigenvalue weighted by atomic mass is 79.9. The molecule has 0 amide bonds. The third-order valence-corrected chi connectivity index (χ3v) is 4.72. The van der Waals surface area contributed by atoms with Crippen molar-refractivity contribution in [2.45, 2.75) is 32.6 Å². The summed E-state index contributed by atoms with van der Waals surface area (Å²) in [4.78, 5) is 0. The molecule has 0 fully saturated rings. The van der Waals surface area contributed by atoms with Crippen LogP contribution in [-0.2, 0) is 12.8 Å². The van der Waals surface area contributed by atoms with Crippen molar-refractivity contribution < 1.29 is 4.39 Å².